The summed E-state index contributed by atoms with van der Waals surface area (Å²) < 4.78 is 5.25. The van der Waals surface area contributed by atoms with E-state index in [-0.39, 0.29) is 5.69 Å². The zero-order chi connectivity index (χ0) is 14.0. The number of aromatic nitrogens is 2. The summed E-state index contributed by atoms with van der Waals surface area (Å²) in [6.07, 6.45) is 0. The maximum Gasteiger partial charge on any atom is 0.356 e. The molecule has 1 aromatic heterocycles. The molecule has 5 heteroatoms. The molecule has 0 aliphatic heterocycles. The van der Waals surface area contributed by atoms with Gasteiger partial charge in [-0.05, 0) is 49.2 Å². The fraction of sp³-hybridized carbons (Fsp3) is 0.214. The van der Waals surface area contributed by atoms with Gasteiger partial charge in [0.25, 0.3) is 0 Å². The minimum atomic E-state index is -1.08. The van der Waals surface area contributed by atoms with E-state index >= 15 is 0 Å². The second-order valence-corrected chi connectivity index (χ2v) is 4.25. The molecule has 98 valence electrons. The number of hydrogen-bond acceptors (Lipinski definition) is 4. The van der Waals surface area contributed by atoms with Crippen LogP contribution < -0.4 is 4.74 Å². The van der Waals surface area contributed by atoms with Gasteiger partial charge in [0.2, 0.25) is 0 Å². The third-order valence-electron chi connectivity index (χ3n) is 2.90. The zero-order valence-electron chi connectivity index (χ0n) is 11.0. The Kier molecular flexibility index (Phi) is 3.46. The van der Waals surface area contributed by atoms with Crippen LogP contribution in [0.1, 0.15) is 21.6 Å². The highest BCUT2D eigenvalue weighted by Crippen LogP contribution is 2.28. The van der Waals surface area contributed by atoms with Crippen molar-refractivity contribution in [2.24, 2.45) is 0 Å². The maximum atomic E-state index is 10.7. The van der Waals surface area contributed by atoms with Crippen LogP contribution in [0.4, 0.5) is 0 Å². The minimum absolute atomic E-state index is 0.0633. The van der Waals surface area contributed by atoms with Gasteiger partial charge < -0.3 is 9.84 Å². The van der Waals surface area contributed by atoms with Gasteiger partial charge in [0.05, 0.1) is 12.8 Å². The Morgan fingerprint density at radius 1 is 1.16 bits per heavy atom. The van der Waals surface area contributed by atoms with Crippen LogP contribution in [0.25, 0.3) is 11.3 Å². The van der Waals surface area contributed by atoms with Crippen LogP contribution in [0.15, 0.2) is 24.3 Å². The molecule has 0 aliphatic carbocycles. The van der Waals surface area contributed by atoms with Crippen molar-refractivity contribution in [3.05, 3.63) is 41.1 Å². The third-order valence-corrected chi connectivity index (χ3v) is 2.90. The van der Waals surface area contributed by atoms with Crippen LogP contribution >= 0.6 is 0 Å². The molecule has 0 radical (unpaired) electrons. The van der Waals surface area contributed by atoms with Gasteiger partial charge in [-0.15, -0.1) is 10.2 Å². The standard InChI is InChI=1S/C14H14N2O3/c1-8-7-13(19-3)9(2)6-10(8)11-4-5-12(14(17)18)16-15-11/h4-7H,1-3H3,(H,17,18). The van der Waals surface area contributed by atoms with Crippen LogP contribution in [0.3, 0.4) is 0 Å². The Morgan fingerprint density at radius 2 is 1.89 bits per heavy atom. The van der Waals surface area contributed by atoms with E-state index in [0.29, 0.717) is 5.69 Å². The average molecular weight is 258 g/mol. The summed E-state index contributed by atoms with van der Waals surface area (Å²) in [5.74, 6) is -0.266. The lowest BCUT2D eigenvalue weighted by Crippen LogP contribution is -2.02. The van der Waals surface area contributed by atoms with Crippen LogP contribution in [0.5, 0.6) is 5.75 Å². The Hall–Kier alpha value is -2.43. The molecule has 1 N–H and O–H groups in total. The first-order valence-electron chi connectivity index (χ1n) is 5.75. The molecule has 5 nitrogen and oxygen atoms in total. The Bertz CT molecular complexity index is 621. The Morgan fingerprint density at radius 3 is 2.42 bits per heavy atom. The monoisotopic (exact) mass is 258 g/mol. The van der Waals surface area contributed by atoms with Gasteiger partial charge in [0.15, 0.2) is 5.69 Å². The highest BCUT2D eigenvalue weighted by Gasteiger charge is 2.10. The molecule has 2 rings (SSSR count). The van der Waals surface area contributed by atoms with Crippen LogP contribution in [-0.2, 0) is 0 Å². The van der Waals surface area contributed by atoms with Crippen molar-refractivity contribution in [2.45, 2.75) is 13.8 Å². The van der Waals surface area contributed by atoms with Crippen LogP contribution in [0.2, 0.25) is 0 Å². The molecule has 0 fully saturated rings. The predicted octanol–water partition coefficient (Wildman–Crippen LogP) is 2.47. The molecule has 0 saturated heterocycles. The van der Waals surface area contributed by atoms with Crippen molar-refractivity contribution in [1.29, 1.82) is 0 Å². The molecule has 0 aliphatic rings. The van der Waals surface area contributed by atoms with Crippen molar-refractivity contribution in [1.82, 2.24) is 10.2 Å². The summed E-state index contributed by atoms with van der Waals surface area (Å²) in [4.78, 5) is 10.7. The van der Waals surface area contributed by atoms with E-state index in [1.165, 1.54) is 6.07 Å². The summed E-state index contributed by atoms with van der Waals surface area (Å²) in [5.41, 5.74) is 3.50. The second kappa shape index (κ2) is 5.06. The van der Waals surface area contributed by atoms with Gasteiger partial charge in [-0.3, -0.25) is 0 Å². The van der Waals surface area contributed by atoms with E-state index < -0.39 is 5.97 Å². The second-order valence-electron chi connectivity index (χ2n) is 4.25. The molecular weight excluding hydrogens is 244 g/mol. The highest BCUT2D eigenvalue weighted by atomic mass is 16.5. The normalized spacial score (nSPS) is 10.3. The largest absolute Gasteiger partial charge is 0.496 e. The predicted molar refractivity (Wildman–Crippen MR) is 70.5 cm³/mol. The summed E-state index contributed by atoms with van der Waals surface area (Å²) >= 11 is 0. The SMILES string of the molecule is COc1cc(C)c(-c2ccc(C(=O)O)nn2)cc1C. The molecule has 0 bridgehead atoms. The van der Waals surface area contributed by atoms with Gasteiger partial charge in [-0.1, -0.05) is 0 Å². The highest BCUT2D eigenvalue weighted by molar-refractivity contribution is 5.85. The number of carboxylic acid groups (broad SMARTS) is 1. The van der Waals surface area contributed by atoms with Crippen molar-refractivity contribution in [3.8, 4) is 17.0 Å². The molecule has 0 atom stereocenters. The zero-order valence-corrected chi connectivity index (χ0v) is 11.0. The van der Waals surface area contributed by atoms with E-state index in [2.05, 4.69) is 10.2 Å². The number of carbonyl (C=O) groups is 1. The topological polar surface area (TPSA) is 72.3 Å². The number of carboxylic acids is 1. The Balaban J connectivity index is 2.47. The number of nitrogens with zero attached hydrogens (tertiary/aromatic N) is 2. The number of benzene rings is 1. The molecule has 19 heavy (non-hydrogen) atoms. The lowest BCUT2D eigenvalue weighted by Gasteiger charge is -2.10. The molecule has 2 aromatic rings. The number of hydrogen-bond donors (Lipinski definition) is 1. The molecule has 0 amide bonds. The number of rotatable bonds is 3. The van der Waals surface area contributed by atoms with Gasteiger partial charge >= 0.3 is 5.97 Å². The van der Waals surface area contributed by atoms with Gasteiger partial charge in [-0.2, -0.15) is 0 Å². The third kappa shape index (κ3) is 2.54. The first kappa shape index (κ1) is 13.0. The van der Waals surface area contributed by atoms with E-state index in [0.717, 1.165) is 22.4 Å². The van der Waals surface area contributed by atoms with E-state index in [1.807, 2.05) is 26.0 Å². The lowest BCUT2D eigenvalue weighted by molar-refractivity contribution is 0.0689. The van der Waals surface area contributed by atoms with Crippen molar-refractivity contribution < 1.29 is 14.6 Å². The Labute approximate surface area is 110 Å². The molecule has 1 aromatic carbocycles. The fourth-order valence-corrected chi connectivity index (χ4v) is 1.88. The number of ether oxygens (including phenoxy) is 1. The quantitative estimate of drug-likeness (QED) is 0.915. The van der Waals surface area contributed by atoms with Gasteiger partial charge in [0.1, 0.15) is 5.75 Å². The fourth-order valence-electron chi connectivity index (χ4n) is 1.88. The molecule has 1 heterocycles. The van der Waals surface area contributed by atoms with Crippen molar-refractivity contribution in [3.63, 3.8) is 0 Å². The minimum Gasteiger partial charge on any atom is -0.496 e. The van der Waals surface area contributed by atoms with Gasteiger partial charge in [-0.25, -0.2) is 4.79 Å². The lowest BCUT2D eigenvalue weighted by atomic mass is 10.0. The summed E-state index contributed by atoms with van der Waals surface area (Å²) in [5, 5.41) is 16.4. The molecular formula is C14H14N2O3. The first-order valence-corrected chi connectivity index (χ1v) is 5.75. The first-order chi connectivity index (χ1) is 9.02. The maximum absolute atomic E-state index is 10.7. The van der Waals surface area contributed by atoms with E-state index in [4.69, 9.17) is 9.84 Å². The molecule has 0 saturated carbocycles. The molecule has 0 spiro atoms. The smallest absolute Gasteiger partial charge is 0.356 e. The summed E-state index contributed by atoms with van der Waals surface area (Å²) in [7, 11) is 1.63. The summed E-state index contributed by atoms with van der Waals surface area (Å²) in [6.45, 7) is 3.89. The number of aromatic carboxylic acids is 1. The van der Waals surface area contributed by atoms with E-state index in [9.17, 15) is 4.79 Å². The number of methoxy groups -OCH3 is 1. The summed E-state index contributed by atoms with van der Waals surface area (Å²) in [6, 6.07) is 6.99. The van der Waals surface area contributed by atoms with Crippen molar-refractivity contribution >= 4 is 5.97 Å². The number of aryl methyl sites for hydroxylation is 2. The average Bonchev–Trinajstić information content (AvgIpc) is 2.41. The van der Waals surface area contributed by atoms with Crippen LogP contribution in [0, 0.1) is 13.8 Å². The molecule has 0 unspecified atom stereocenters. The van der Waals surface area contributed by atoms with Crippen molar-refractivity contribution in [2.75, 3.05) is 7.11 Å². The van der Waals surface area contributed by atoms with E-state index in [1.54, 1.807) is 13.2 Å². The van der Waals surface area contributed by atoms with Crippen LogP contribution in [-0.4, -0.2) is 28.4 Å². The van der Waals surface area contributed by atoms with Gasteiger partial charge in [0, 0.05) is 5.56 Å².